The summed E-state index contributed by atoms with van der Waals surface area (Å²) in [6, 6.07) is 40.3. The lowest BCUT2D eigenvalue weighted by Crippen LogP contribution is -2.51. The first-order valence-corrected chi connectivity index (χ1v) is 14.3. The number of ether oxygens (including phenoxy) is 3. The molecule has 5 atom stereocenters. The number of benzene rings is 4. The van der Waals surface area contributed by atoms with Crippen LogP contribution < -0.4 is 0 Å². The molecule has 4 aromatic rings. The van der Waals surface area contributed by atoms with E-state index >= 15 is 0 Å². The normalized spacial score (nSPS) is 23.1. The van der Waals surface area contributed by atoms with Crippen LogP contribution in [0.3, 0.4) is 0 Å². The Labute approximate surface area is 243 Å². The smallest absolute Gasteiger partial charge is 0.115 e. The molecule has 0 aliphatic carbocycles. The van der Waals surface area contributed by atoms with E-state index in [4.69, 9.17) is 14.2 Å². The van der Waals surface area contributed by atoms with Crippen molar-refractivity contribution in [3.63, 3.8) is 0 Å². The molecule has 1 fully saturated rings. The Morgan fingerprint density at radius 1 is 0.585 bits per heavy atom. The lowest BCUT2D eigenvalue weighted by molar-refractivity contribution is -0.172. The van der Waals surface area contributed by atoms with E-state index in [1.165, 1.54) is 0 Å². The molecule has 5 nitrogen and oxygen atoms in total. The molecule has 0 spiro atoms. The van der Waals surface area contributed by atoms with Gasteiger partial charge in [-0.3, -0.25) is 4.90 Å². The minimum atomic E-state index is -0.809. The molecule has 5 heteroatoms. The fraction of sp³-hybridized carbons (Fsp3) is 0.278. The maximum absolute atomic E-state index is 11.7. The largest absolute Gasteiger partial charge is 0.389 e. The highest BCUT2D eigenvalue weighted by Crippen LogP contribution is 2.30. The number of aliphatic hydroxyl groups is 1. The van der Waals surface area contributed by atoms with Crippen molar-refractivity contribution in [3.8, 4) is 0 Å². The van der Waals surface area contributed by atoms with E-state index in [1.54, 1.807) is 0 Å². The van der Waals surface area contributed by atoms with E-state index in [1.807, 2.05) is 103 Å². The van der Waals surface area contributed by atoms with E-state index in [-0.39, 0.29) is 6.04 Å². The highest BCUT2D eigenvalue weighted by Gasteiger charge is 2.46. The SMILES string of the molecule is C=C[C@H]1[C@H](OCc2ccccc2)[C@@H](OCc2ccccc2)[C@H](OCc2ccccc2)[C@H](O)CN1Cc1ccccc1. The molecule has 0 amide bonds. The van der Waals surface area contributed by atoms with E-state index in [0.29, 0.717) is 32.9 Å². The molecule has 1 heterocycles. The molecule has 0 aromatic heterocycles. The number of rotatable bonds is 12. The Balaban J connectivity index is 1.48. The Morgan fingerprint density at radius 3 is 1.41 bits per heavy atom. The fourth-order valence-electron chi connectivity index (χ4n) is 5.43. The third-order valence-corrected chi connectivity index (χ3v) is 7.53. The van der Waals surface area contributed by atoms with Crippen molar-refractivity contribution in [1.82, 2.24) is 4.90 Å². The molecule has 0 radical (unpaired) electrons. The summed E-state index contributed by atoms with van der Waals surface area (Å²) in [6.07, 6.45) is -0.512. The summed E-state index contributed by atoms with van der Waals surface area (Å²) in [5.41, 5.74) is 4.30. The fourth-order valence-corrected chi connectivity index (χ4v) is 5.43. The zero-order valence-electron chi connectivity index (χ0n) is 23.4. The van der Waals surface area contributed by atoms with Crippen molar-refractivity contribution in [2.45, 2.75) is 56.8 Å². The molecule has 1 aliphatic rings. The van der Waals surface area contributed by atoms with Gasteiger partial charge in [-0.2, -0.15) is 0 Å². The van der Waals surface area contributed by atoms with Gasteiger partial charge in [0, 0.05) is 13.1 Å². The van der Waals surface area contributed by atoms with Crippen LogP contribution in [0.15, 0.2) is 134 Å². The van der Waals surface area contributed by atoms with Gasteiger partial charge in [-0.1, -0.05) is 127 Å². The molecule has 0 unspecified atom stereocenters. The maximum Gasteiger partial charge on any atom is 0.115 e. The zero-order chi connectivity index (χ0) is 28.3. The average molecular weight is 550 g/mol. The zero-order valence-corrected chi connectivity index (χ0v) is 23.4. The first kappa shape index (κ1) is 28.9. The Kier molecular flexibility index (Phi) is 10.5. The van der Waals surface area contributed by atoms with Gasteiger partial charge in [-0.05, 0) is 22.3 Å². The number of nitrogens with zero attached hydrogens (tertiary/aromatic N) is 1. The van der Waals surface area contributed by atoms with Crippen LogP contribution in [0.25, 0.3) is 0 Å². The van der Waals surface area contributed by atoms with Crippen LogP contribution in [0.4, 0.5) is 0 Å². The van der Waals surface area contributed by atoms with Gasteiger partial charge >= 0.3 is 0 Å². The predicted molar refractivity (Wildman–Crippen MR) is 162 cm³/mol. The minimum Gasteiger partial charge on any atom is -0.389 e. The van der Waals surface area contributed by atoms with Crippen LogP contribution >= 0.6 is 0 Å². The summed E-state index contributed by atoms with van der Waals surface area (Å²) in [6.45, 7) is 6.38. The monoisotopic (exact) mass is 549 g/mol. The van der Waals surface area contributed by atoms with Gasteiger partial charge in [0.15, 0.2) is 0 Å². The second-order valence-corrected chi connectivity index (χ2v) is 10.5. The third kappa shape index (κ3) is 8.00. The van der Waals surface area contributed by atoms with E-state index in [9.17, 15) is 5.11 Å². The highest BCUT2D eigenvalue weighted by atomic mass is 16.6. The van der Waals surface area contributed by atoms with Crippen molar-refractivity contribution in [2.75, 3.05) is 6.54 Å². The molecular weight excluding hydrogens is 510 g/mol. The van der Waals surface area contributed by atoms with Gasteiger partial charge in [0.1, 0.15) is 18.3 Å². The van der Waals surface area contributed by atoms with Crippen LogP contribution in [-0.4, -0.2) is 47.0 Å². The Hall–Kier alpha value is -3.58. The molecule has 0 bridgehead atoms. The van der Waals surface area contributed by atoms with Crippen LogP contribution in [0.5, 0.6) is 0 Å². The van der Waals surface area contributed by atoms with Crippen LogP contribution in [0.2, 0.25) is 0 Å². The van der Waals surface area contributed by atoms with E-state index in [2.05, 4.69) is 35.7 Å². The summed E-state index contributed by atoms with van der Waals surface area (Å²) in [4.78, 5) is 2.23. The first-order valence-electron chi connectivity index (χ1n) is 14.3. The van der Waals surface area contributed by atoms with Gasteiger partial charge in [-0.15, -0.1) is 6.58 Å². The van der Waals surface area contributed by atoms with Crippen molar-refractivity contribution in [3.05, 3.63) is 156 Å². The molecule has 212 valence electrons. The predicted octanol–water partition coefficient (Wildman–Crippen LogP) is 6.17. The number of hydrogen-bond donors (Lipinski definition) is 1. The maximum atomic E-state index is 11.7. The summed E-state index contributed by atoms with van der Waals surface area (Å²) >= 11 is 0. The highest BCUT2D eigenvalue weighted by molar-refractivity contribution is 5.18. The minimum absolute atomic E-state index is 0.223. The topological polar surface area (TPSA) is 51.2 Å². The summed E-state index contributed by atoms with van der Waals surface area (Å²) in [5.74, 6) is 0. The Bertz CT molecular complexity index is 1300. The molecular formula is C36H39NO4. The molecule has 1 aliphatic heterocycles. The summed E-state index contributed by atoms with van der Waals surface area (Å²) < 4.78 is 19.9. The number of likely N-dealkylation sites (tertiary alicyclic amines) is 1. The van der Waals surface area contributed by atoms with Crippen LogP contribution in [-0.2, 0) is 40.6 Å². The molecule has 0 saturated carbocycles. The number of hydrogen-bond acceptors (Lipinski definition) is 5. The van der Waals surface area contributed by atoms with Crippen LogP contribution in [0, 0.1) is 0 Å². The quantitative estimate of drug-likeness (QED) is 0.214. The van der Waals surface area contributed by atoms with E-state index < -0.39 is 24.4 Å². The average Bonchev–Trinajstić information content (AvgIpc) is 3.12. The molecule has 41 heavy (non-hydrogen) atoms. The lowest BCUT2D eigenvalue weighted by atomic mass is 9.99. The molecule has 4 aromatic carbocycles. The van der Waals surface area contributed by atoms with Gasteiger partial charge < -0.3 is 19.3 Å². The van der Waals surface area contributed by atoms with E-state index in [0.717, 1.165) is 22.3 Å². The van der Waals surface area contributed by atoms with Crippen LogP contribution in [0.1, 0.15) is 22.3 Å². The Morgan fingerprint density at radius 2 is 0.976 bits per heavy atom. The van der Waals surface area contributed by atoms with Gasteiger partial charge in [-0.25, -0.2) is 0 Å². The summed E-state index contributed by atoms with van der Waals surface area (Å²) in [5, 5.41) is 11.7. The van der Waals surface area contributed by atoms with Gasteiger partial charge in [0.05, 0.1) is 32.0 Å². The molecule has 1 N–H and O–H groups in total. The van der Waals surface area contributed by atoms with Crippen molar-refractivity contribution in [2.24, 2.45) is 0 Å². The van der Waals surface area contributed by atoms with Crippen molar-refractivity contribution < 1.29 is 19.3 Å². The standard InChI is InChI=1S/C36H39NO4/c1-2-32-34(39-25-29-17-9-4-10-18-29)36(41-27-31-21-13-6-14-22-31)35(40-26-30-19-11-5-12-20-30)33(38)24-37(32)23-28-15-7-3-8-16-28/h2-22,32-36,38H,1,23-27H2/t32-,33+,34-,35+,36+/m0/s1. The second-order valence-electron chi connectivity index (χ2n) is 10.5. The summed E-state index contributed by atoms with van der Waals surface area (Å²) in [7, 11) is 0. The molecule has 1 saturated heterocycles. The van der Waals surface area contributed by atoms with Gasteiger partial charge in [0.25, 0.3) is 0 Å². The van der Waals surface area contributed by atoms with Crippen molar-refractivity contribution >= 4 is 0 Å². The van der Waals surface area contributed by atoms with Crippen molar-refractivity contribution in [1.29, 1.82) is 0 Å². The first-order chi connectivity index (χ1) is 20.2. The number of aliphatic hydroxyl groups excluding tert-OH is 1. The third-order valence-electron chi connectivity index (χ3n) is 7.53. The molecule has 5 rings (SSSR count). The number of β-amino-alcohol motifs (C(OH)–C–C–N with tert-alkyl or cyclic N) is 1. The van der Waals surface area contributed by atoms with Gasteiger partial charge in [0.2, 0.25) is 0 Å². The lowest BCUT2D eigenvalue weighted by Gasteiger charge is -2.37. The second kappa shape index (κ2) is 14.9.